The van der Waals surface area contributed by atoms with Gasteiger partial charge in [-0.1, -0.05) is 6.07 Å². The molecule has 1 rings (SSSR count). The molecule has 1 N–H and O–H groups in total. The maximum absolute atomic E-state index is 8.85. The molecule has 0 heterocycles. The summed E-state index contributed by atoms with van der Waals surface area (Å²) in [6.45, 7) is 0. The number of nitrogens with zero attached hydrogens (tertiary/aromatic N) is 1. The number of methoxy groups -OCH3 is 1. The fourth-order valence-corrected chi connectivity index (χ4v) is 0.945. The van der Waals surface area contributed by atoms with Gasteiger partial charge < -0.3 is 9.76 Å². The van der Waals surface area contributed by atoms with E-state index in [9.17, 15) is 0 Å². The molecular formula is C8H8BNO2. The van der Waals surface area contributed by atoms with Crippen LogP contribution in [0, 0.1) is 11.3 Å². The molecule has 0 aliphatic heterocycles. The van der Waals surface area contributed by atoms with E-state index >= 15 is 0 Å². The Labute approximate surface area is 71.5 Å². The summed E-state index contributed by atoms with van der Waals surface area (Å²) in [5.74, 6) is 0.552. The molecule has 0 bridgehead atoms. The molecule has 4 heteroatoms. The first-order chi connectivity index (χ1) is 5.81. The highest BCUT2D eigenvalue weighted by Gasteiger charge is 2.03. The summed E-state index contributed by atoms with van der Waals surface area (Å²) in [5.41, 5.74) is 1.22. The zero-order valence-corrected chi connectivity index (χ0v) is 6.74. The van der Waals surface area contributed by atoms with Crippen LogP contribution in [-0.4, -0.2) is 19.6 Å². The Morgan fingerprint density at radius 1 is 1.58 bits per heavy atom. The van der Waals surface area contributed by atoms with Crippen LogP contribution in [0.4, 0.5) is 0 Å². The molecule has 0 atom stereocenters. The lowest BCUT2D eigenvalue weighted by Gasteiger charge is -2.04. The van der Waals surface area contributed by atoms with Gasteiger partial charge in [-0.3, -0.25) is 0 Å². The zero-order valence-electron chi connectivity index (χ0n) is 6.74. The molecule has 0 radical (unpaired) electrons. The Hall–Kier alpha value is -1.47. The van der Waals surface area contributed by atoms with Crippen LogP contribution >= 0.6 is 0 Å². The van der Waals surface area contributed by atoms with E-state index in [4.69, 9.17) is 15.0 Å². The lowest BCUT2D eigenvalue weighted by atomic mass is 9.87. The third-order valence-electron chi connectivity index (χ3n) is 1.59. The molecule has 0 amide bonds. The van der Waals surface area contributed by atoms with Crippen LogP contribution in [0.1, 0.15) is 5.56 Å². The molecule has 0 aliphatic rings. The molecular weight excluding hydrogens is 153 g/mol. The van der Waals surface area contributed by atoms with E-state index in [0.717, 1.165) is 0 Å². The third-order valence-corrected chi connectivity index (χ3v) is 1.59. The Morgan fingerprint density at radius 2 is 2.33 bits per heavy atom. The second-order valence-corrected chi connectivity index (χ2v) is 2.30. The van der Waals surface area contributed by atoms with Crippen LogP contribution in [0.3, 0.4) is 0 Å². The monoisotopic (exact) mass is 161 g/mol. The highest BCUT2D eigenvalue weighted by molar-refractivity contribution is 6.46. The standard InChI is InChI=1S/C8H8BNO2/c1-12-8-4-6(5-10)2-3-7(8)9-11/h2-4,9,11H,1H3. The minimum Gasteiger partial charge on any atom is -0.497 e. The average molecular weight is 161 g/mol. The van der Waals surface area contributed by atoms with Crippen molar-refractivity contribution in [3.05, 3.63) is 23.8 Å². The van der Waals surface area contributed by atoms with Crippen LogP contribution in [0.15, 0.2) is 18.2 Å². The highest BCUT2D eigenvalue weighted by atomic mass is 16.5. The van der Waals surface area contributed by atoms with Gasteiger partial charge in [0, 0.05) is 0 Å². The first-order valence-electron chi connectivity index (χ1n) is 3.49. The van der Waals surface area contributed by atoms with E-state index < -0.39 is 0 Å². The Bertz CT molecular complexity index is 319. The van der Waals surface area contributed by atoms with Crippen LogP contribution < -0.4 is 10.2 Å². The van der Waals surface area contributed by atoms with Gasteiger partial charge in [-0.2, -0.15) is 5.26 Å². The average Bonchev–Trinajstić information content (AvgIpc) is 2.16. The van der Waals surface area contributed by atoms with Crippen molar-refractivity contribution in [2.45, 2.75) is 0 Å². The number of nitriles is 1. The maximum atomic E-state index is 8.85. The highest BCUT2D eigenvalue weighted by Crippen LogP contribution is 2.08. The van der Waals surface area contributed by atoms with E-state index in [1.54, 1.807) is 18.2 Å². The van der Waals surface area contributed by atoms with Gasteiger partial charge in [0.25, 0.3) is 0 Å². The van der Waals surface area contributed by atoms with E-state index in [-0.39, 0.29) is 7.48 Å². The SMILES string of the molecule is COc1cc(C#N)ccc1BO. The predicted octanol–water partition coefficient (Wildman–Crippen LogP) is -0.464. The molecule has 0 aromatic heterocycles. The fourth-order valence-electron chi connectivity index (χ4n) is 0.945. The van der Waals surface area contributed by atoms with Gasteiger partial charge in [-0.25, -0.2) is 0 Å². The summed E-state index contributed by atoms with van der Waals surface area (Å²) in [6, 6.07) is 6.92. The van der Waals surface area contributed by atoms with Gasteiger partial charge in [0.1, 0.15) is 5.75 Å². The lowest BCUT2D eigenvalue weighted by molar-refractivity contribution is 0.417. The molecule has 12 heavy (non-hydrogen) atoms. The Morgan fingerprint density at radius 3 is 2.83 bits per heavy atom. The van der Waals surface area contributed by atoms with Crippen molar-refractivity contribution in [1.29, 1.82) is 5.26 Å². The Kier molecular flexibility index (Phi) is 2.73. The molecule has 1 aromatic carbocycles. The van der Waals surface area contributed by atoms with Crippen LogP contribution in [0.5, 0.6) is 5.75 Å². The van der Waals surface area contributed by atoms with Gasteiger partial charge in [0.2, 0.25) is 0 Å². The van der Waals surface area contributed by atoms with Gasteiger partial charge >= 0.3 is 7.48 Å². The Balaban J connectivity index is 3.13. The largest absolute Gasteiger partial charge is 0.497 e. The molecule has 0 unspecified atom stereocenters. The van der Waals surface area contributed by atoms with Gasteiger partial charge in [-0.05, 0) is 17.6 Å². The van der Waals surface area contributed by atoms with Crippen molar-refractivity contribution < 1.29 is 9.76 Å². The van der Waals surface area contributed by atoms with Crippen LogP contribution in [-0.2, 0) is 0 Å². The third kappa shape index (κ3) is 1.58. The molecule has 60 valence electrons. The molecule has 0 saturated heterocycles. The summed E-state index contributed by atoms with van der Waals surface area (Å²) in [6.07, 6.45) is 0. The molecule has 0 aliphatic carbocycles. The normalized spacial score (nSPS) is 8.75. The fraction of sp³-hybridized carbons (Fsp3) is 0.125. The quantitative estimate of drug-likeness (QED) is 0.596. The summed E-state index contributed by atoms with van der Waals surface area (Å²) in [7, 11) is 1.44. The summed E-state index contributed by atoms with van der Waals surface area (Å²) in [4.78, 5) is 0. The molecule has 0 spiro atoms. The van der Waals surface area contributed by atoms with Crippen molar-refractivity contribution in [2.75, 3.05) is 7.11 Å². The number of benzene rings is 1. The first kappa shape index (κ1) is 8.63. The molecule has 0 fully saturated rings. The lowest BCUT2D eigenvalue weighted by Crippen LogP contribution is -2.16. The van der Waals surface area contributed by atoms with Crippen molar-refractivity contribution in [3.63, 3.8) is 0 Å². The zero-order chi connectivity index (χ0) is 8.97. The summed E-state index contributed by atoms with van der Waals surface area (Å²) >= 11 is 0. The first-order valence-corrected chi connectivity index (χ1v) is 3.49. The number of rotatable bonds is 2. The van der Waals surface area contributed by atoms with Crippen molar-refractivity contribution >= 4 is 12.9 Å². The maximum Gasteiger partial charge on any atom is 0.308 e. The van der Waals surface area contributed by atoms with E-state index in [1.165, 1.54) is 7.11 Å². The van der Waals surface area contributed by atoms with Crippen molar-refractivity contribution in [3.8, 4) is 11.8 Å². The van der Waals surface area contributed by atoms with Crippen LogP contribution in [0.2, 0.25) is 0 Å². The smallest absolute Gasteiger partial charge is 0.308 e. The van der Waals surface area contributed by atoms with Gasteiger partial charge in [0.05, 0.1) is 18.7 Å². The minimum atomic E-state index is -0.0745. The summed E-state index contributed by atoms with van der Waals surface area (Å²) in [5, 5.41) is 17.4. The van der Waals surface area contributed by atoms with Gasteiger partial charge in [-0.15, -0.1) is 0 Å². The topological polar surface area (TPSA) is 53.2 Å². The number of hydrogen-bond donors (Lipinski definition) is 1. The van der Waals surface area contributed by atoms with Gasteiger partial charge in [0.15, 0.2) is 0 Å². The van der Waals surface area contributed by atoms with Crippen molar-refractivity contribution in [2.24, 2.45) is 0 Å². The van der Waals surface area contributed by atoms with Crippen molar-refractivity contribution in [1.82, 2.24) is 0 Å². The second-order valence-electron chi connectivity index (χ2n) is 2.30. The van der Waals surface area contributed by atoms with Crippen LogP contribution in [0.25, 0.3) is 0 Å². The molecule has 0 saturated carbocycles. The van der Waals surface area contributed by atoms with E-state index in [0.29, 0.717) is 16.8 Å². The number of hydrogen-bond acceptors (Lipinski definition) is 3. The van der Waals surface area contributed by atoms with E-state index in [2.05, 4.69) is 0 Å². The summed E-state index contributed by atoms with van der Waals surface area (Å²) < 4.78 is 4.97. The molecule has 1 aromatic rings. The molecule has 3 nitrogen and oxygen atoms in total. The van der Waals surface area contributed by atoms with E-state index in [1.807, 2.05) is 6.07 Å². The predicted molar refractivity (Wildman–Crippen MR) is 46.7 cm³/mol. The second kappa shape index (κ2) is 3.79. The number of ether oxygens (including phenoxy) is 1. The minimum absolute atomic E-state index is 0.0745.